The van der Waals surface area contributed by atoms with Gasteiger partial charge in [0, 0.05) is 27.8 Å². The first-order valence-electron chi connectivity index (χ1n) is 17.3. The molecule has 0 unspecified atom stereocenters. The van der Waals surface area contributed by atoms with Crippen molar-refractivity contribution in [3.8, 4) is 56.7 Å². The molecule has 0 radical (unpaired) electrons. The summed E-state index contributed by atoms with van der Waals surface area (Å²) in [6.45, 7) is 3.97. The molecule has 0 aliphatic carbocycles. The normalized spacial score (nSPS) is 12.3. The van der Waals surface area contributed by atoms with Crippen LogP contribution in [0.2, 0.25) is 0 Å². The van der Waals surface area contributed by atoms with Crippen LogP contribution in [0.15, 0.2) is 164 Å². The summed E-state index contributed by atoms with van der Waals surface area (Å²) in [5.74, 6) is 8.26. The first kappa shape index (κ1) is 31.2. The maximum Gasteiger partial charge on any atom is 1.10 e. The predicted molar refractivity (Wildman–Crippen MR) is 211 cm³/mol. The van der Waals surface area contributed by atoms with Gasteiger partial charge < -0.3 is 11.4 Å². The Hall–Kier alpha value is -5.81. The molecule has 0 amide bonds. The Labute approximate surface area is 303 Å². The molecule has 0 saturated heterocycles. The van der Waals surface area contributed by atoms with Gasteiger partial charge in [-0.15, -0.1) is 0 Å². The second kappa shape index (κ2) is 12.8. The molecule has 0 saturated carbocycles. The number of rotatable bonds is 4. The molecule has 1 heterocycles. The van der Waals surface area contributed by atoms with Gasteiger partial charge in [-0.1, -0.05) is 151 Å². The number of para-hydroxylation sites is 1. The van der Waals surface area contributed by atoms with E-state index in [1.165, 1.54) is 5.39 Å². The van der Waals surface area contributed by atoms with Crippen molar-refractivity contribution in [2.24, 2.45) is 0 Å². The van der Waals surface area contributed by atoms with Crippen LogP contribution in [0, 0.1) is 11.8 Å². The van der Waals surface area contributed by atoms with Crippen molar-refractivity contribution < 1.29 is 11.4 Å². The molecule has 242 valence electrons. The average molecular weight is 673 g/mol. The van der Waals surface area contributed by atoms with Gasteiger partial charge in [0.15, 0.2) is 0 Å². The van der Waals surface area contributed by atoms with Gasteiger partial charge >= 0.3 is 15.1 Å². The number of hydrogen-bond donors (Lipinski definition) is 0. The first-order valence-corrected chi connectivity index (χ1v) is 18.7. The van der Waals surface area contributed by atoms with E-state index in [2.05, 4.69) is 157 Å². The molecule has 0 fully saturated rings. The van der Waals surface area contributed by atoms with Crippen LogP contribution in [0.5, 0.6) is 11.5 Å². The van der Waals surface area contributed by atoms with E-state index in [0.717, 1.165) is 77.4 Å². The standard InChI is InChI=1S/C32H22O2.C15H13O.Al/c33-29-17-9-8-16-27(29)28-20-23-13-5-7-15-25(23)31(32(28)34)30-24-14-6-4-12-22(24)18-19-26(30)21-10-2-1-3-11-21;1-15(2,16)10-9-12-7-8-13-5-3-4-6-14(13)11-12;/h1-20,33-34H;3-8,11H,1-2H3;/q;-1;+3/p-2. The van der Waals surface area contributed by atoms with Crippen LogP contribution in [-0.4, -0.2) is 20.8 Å². The van der Waals surface area contributed by atoms with E-state index >= 15 is 0 Å². The molecule has 3 nitrogen and oxygen atoms in total. The molecule has 4 heteroatoms. The van der Waals surface area contributed by atoms with E-state index in [9.17, 15) is 0 Å². The maximum absolute atomic E-state index is 7.15. The zero-order valence-corrected chi connectivity index (χ0v) is 29.5. The predicted octanol–water partition coefficient (Wildman–Crippen LogP) is 11.8. The molecule has 8 aromatic carbocycles. The number of fused-ring (bicyclic) bond motifs is 6. The number of hydrogen-bond acceptors (Lipinski definition) is 3. The summed E-state index contributed by atoms with van der Waals surface area (Å²) >= 11 is -2.92. The van der Waals surface area contributed by atoms with Crippen LogP contribution in [0.3, 0.4) is 0 Å². The summed E-state index contributed by atoms with van der Waals surface area (Å²) in [6, 6.07) is 57.2. The van der Waals surface area contributed by atoms with Gasteiger partial charge in [-0.25, -0.2) is 0 Å². The fourth-order valence-corrected chi connectivity index (χ4v) is 8.66. The van der Waals surface area contributed by atoms with Crippen LogP contribution in [0.1, 0.15) is 19.4 Å². The fourth-order valence-electron chi connectivity index (χ4n) is 7.12. The lowest BCUT2D eigenvalue weighted by Gasteiger charge is -2.25. The van der Waals surface area contributed by atoms with Gasteiger partial charge in [0.1, 0.15) is 11.4 Å². The quantitative estimate of drug-likeness (QED) is 0.138. The van der Waals surface area contributed by atoms with Gasteiger partial charge in [0.2, 0.25) is 0 Å². The van der Waals surface area contributed by atoms with Crippen molar-refractivity contribution >= 4 is 47.5 Å². The lowest BCUT2D eigenvalue weighted by atomic mass is 9.85. The highest BCUT2D eigenvalue weighted by atomic mass is 27.3. The highest BCUT2D eigenvalue weighted by Gasteiger charge is 2.48. The molecule has 0 bridgehead atoms. The van der Waals surface area contributed by atoms with Gasteiger partial charge in [0.05, 0.1) is 5.75 Å². The smallest absolute Gasteiger partial charge is 0.588 e. The van der Waals surface area contributed by atoms with E-state index in [4.69, 9.17) is 11.4 Å². The largest absolute Gasteiger partial charge is 1.10 e. The SMILES string of the molecule is CC(C)(C#Cc1ccc2ccccc2c1)[O][Al]1[O]c2ccccc2-c2cc3ccccc3c(-c3c(-c4ccccc4)ccc4ccccc34)c2[O]1. The summed E-state index contributed by atoms with van der Waals surface area (Å²) in [6.07, 6.45) is 0. The molecule has 51 heavy (non-hydrogen) atoms. The van der Waals surface area contributed by atoms with Crippen molar-refractivity contribution in [3.63, 3.8) is 0 Å². The molecule has 1 aliphatic heterocycles. The van der Waals surface area contributed by atoms with Crippen LogP contribution < -0.4 is 7.58 Å². The third kappa shape index (κ3) is 5.93. The molecule has 8 aromatic rings. The summed E-state index contributed by atoms with van der Waals surface area (Å²) in [5, 5.41) is 6.89. The van der Waals surface area contributed by atoms with Gasteiger partial charge in [-0.3, -0.25) is 0 Å². The molecule has 0 aromatic heterocycles. The lowest BCUT2D eigenvalue weighted by Crippen LogP contribution is -2.41. The topological polar surface area (TPSA) is 27.7 Å². The Bertz CT molecular complexity index is 2670. The van der Waals surface area contributed by atoms with E-state index in [1.807, 2.05) is 32.0 Å². The summed E-state index contributed by atoms with van der Waals surface area (Å²) in [4.78, 5) is 0. The summed E-state index contributed by atoms with van der Waals surface area (Å²) < 4.78 is 20.7. The molecule has 1 aliphatic rings. The van der Waals surface area contributed by atoms with Gasteiger partial charge in [0.25, 0.3) is 0 Å². The Kier molecular flexibility index (Phi) is 7.84. The average Bonchev–Trinajstić information content (AvgIpc) is 3.32. The minimum atomic E-state index is -2.92. The highest BCUT2D eigenvalue weighted by molar-refractivity contribution is 6.40. The van der Waals surface area contributed by atoms with Gasteiger partial charge in [-0.05, 0) is 81.6 Å². The van der Waals surface area contributed by atoms with E-state index in [-0.39, 0.29) is 0 Å². The Morgan fingerprint density at radius 1 is 0.510 bits per heavy atom. The highest BCUT2D eigenvalue weighted by Crippen LogP contribution is 2.52. The molecular formula is C47H33AlO3. The van der Waals surface area contributed by atoms with Crippen molar-refractivity contribution in [1.29, 1.82) is 0 Å². The Morgan fingerprint density at radius 3 is 1.98 bits per heavy atom. The van der Waals surface area contributed by atoms with Crippen LogP contribution in [-0.2, 0) is 3.79 Å². The molecule has 0 atom stereocenters. The fraction of sp³-hybridized carbons (Fsp3) is 0.0638. The molecule has 9 rings (SSSR count). The molecular weight excluding hydrogens is 639 g/mol. The lowest BCUT2D eigenvalue weighted by molar-refractivity contribution is 0.106. The van der Waals surface area contributed by atoms with E-state index < -0.39 is 20.8 Å². The Morgan fingerprint density at radius 2 is 1.16 bits per heavy atom. The van der Waals surface area contributed by atoms with E-state index in [0.29, 0.717) is 0 Å². The minimum absolute atomic E-state index is 0.744. The Balaban J connectivity index is 1.24. The minimum Gasteiger partial charge on any atom is -0.588 e. The molecule has 0 N–H and O–H groups in total. The van der Waals surface area contributed by atoms with Crippen LogP contribution in [0.4, 0.5) is 0 Å². The van der Waals surface area contributed by atoms with Gasteiger partial charge in [-0.2, -0.15) is 0 Å². The zero-order chi connectivity index (χ0) is 34.4. The third-order valence-electron chi connectivity index (χ3n) is 9.53. The first-order chi connectivity index (χ1) is 25.0. The second-order valence-corrected chi connectivity index (χ2v) is 14.7. The molecule has 0 spiro atoms. The maximum atomic E-state index is 7.15. The van der Waals surface area contributed by atoms with Crippen LogP contribution >= 0.6 is 0 Å². The number of benzene rings is 8. The van der Waals surface area contributed by atoms with Crippen molar-refractivity contribution in [3.05, 3.63) is 169 Å². The summed E-state index contributed by atoms with van der Waals surface area (Å²) in [5.41, 5.74) is 6.45. The van der Waals surface area contributed by atoms with Crippen molar-refractivity contribution in [1.82, 2.24) is 0 Å². The van der Waals surface area contributed by atoms with Crippen LogP contribution in [0.25, 0.3) is 65.7 Å². The van der Waals surface area contributed by atoms with Crippen molar-refractivity contribution in [2.75, 3.05) is 0 Å². The second-order valence-electron chi connectivity index (χ2n) is 13.4. The monoisotopic (exact) mass is 672 g/mol. The third-order valence-corrected chi connectivity index (χ3v) is 11.2. The van der Waals surface area contributed by atoms with Crippen molar-refractivity contribution in [2.45, 2.75) is 19.4 Å². The van der Waals surface area contributed by atoms with E-state index in [1.54, 1.807) is 0 Å². The zero-order valence-electron chi connectivity index (χ0n) is 28.4. The summed E-state index contributed by atoms with van der Waals surface area (Å²) in [7, 11) is 0.